The summed E-state index contributed by atoms with van der Waals surface area (Å²) >= 11 is 0. The van der Waals surface area contributed by atoms with Gasteiger partial charge in [0.25, 0.3) is 5.91 Å². The molecule has 1 amide bonds. The van der Waals surface area contributed by atoms with E-state index < -0.39 is 10.0 Å². The highest BCUT2D eigenvalue weighted by Gasteiger charge is 2.16. The lowest BCUT2D eigenvalue weighted by Crippen LogP contribution is -2.23. The maximum atomic E-state index is 12.5. The number of hydrogen-bond acceptors (Lipinski definition) is 4. The van der Waals surface area contributed by atoms with Gasteiger partial charge < -0.3 is 4.57 Å². The van der Waals surface area contributed by atoms with Crippen molar-refractivity contribution in [2.75, 3.05) is 11.9 Å². The number of rotatable bonds is 7. The van der Waals surface area contributed by atoms with Crippen molar-refractivity contribution < 1.29 is 13.2 Å². The van der Waals surface area contributed by atoms with Crippen LogP contribution in [0.5, 0.6) is 0 Å². The van der Waals surface area contributed by atoms with Crippen LogP contribution in [0.15, 0.2) is 66.1 Å². The van der Waals surface area contributed by atoms with Crippen LogP contribution in [0.2, 0.25) is 0 Å². The molecule has 1 aromatic heterocycles. The molecule has 1 heterocycles. The first kappa shape index (κ1) is 18.8. The fourth-order valence-corrected chi connectivity index (χ4v) is 3.70. The van der Waals surface area contributed by atoms with Gasteiger partial charge in [0.15, 0.2) is 0 Å². The Hall–Kier alpha value is -2.97. The topological polar surface area (TPSA) is 93.1 Å². The molecule has 2 aromatic carbocycles. The van der Waals surface area contributed by atoms with Gasteiger partial charge >= 0.3 is 0 Å². The first-order chi connectivity index (χ1) is 13.0. The lowest BCUT2D eigenvalue weighted by Gasteiger charge is -2.09. The van der Waals surface area contributed by atoms with E-state index in [2.05, 4.69) is 21.6 Å². The molecule has 0 aliphatic carbocycles. The maximum Gasteiger partial charge on any atom is 0.257 e. The summed E-state index contributed by atoms with van der Waals surface area (Å²) in [7, 11) is -3.62. The van der Waals surface area contributed by atoms with Gasteiger partial charge in [0.1, 0.15) is 0 Å². The van der Waals surface area contributed by atoms with Crippen LogP contribution in [0.25, 0.3) is 11.0 Å². The second-order valence-corrected chi connectivity index (χ2v) is 7.55. The van der Waals surface area contributed by atoms with Crippen molar-refractivity contribution in [3.8, 4) is 0 Å². The van der Waals surface area contributed by atoms with Crippen molar-refractivity contribution >= 4 is 32.9 Å². The molecule has 3 rings (SSSR count). The number of nitrogens with zero attached hydrogens (tertiary/aromatic N) is 2. The minimum atomic E-state index is -3.62. The lowest BCUT2D eigenvalue weighted by atomic mass is 10.2. The predicted molar refractivity (Wildman–Crippen MR) is 105 cm³/mol. The Kier molecular flexibility index (Phi) is 5.38. The number of sulfonamides is 1. The van der Waals surface area contributed by atoms with Crippen LogP contribution >= 0.6 is 0 Å². The molecule has 3 aromatic rings. The Bertz CT molecular complexity index is 1090. The Morgan fingerprint density at radius 1 is 1.19 bits per heavy atom. The molecule has 0 fully saturated rings. The van der Waals surface area contributed by atoms with Crippen molar-refractivity contribution in [3.05, 3.63) is 66.7 Å². The molecule has 0 saturated carbocycles. The normalized spacial score (nSPS) is 11.4. The van der Waals surface area contributed by atoms with Gasteiger partial charge in [-0.15, -0.1) is 6.58 Å². The first-order valence-corrected chi connectivity index (χ1v) is 9.92. The number of nitrogens with one attached hydrogen (secondary N) is 2. The minimum absolute atomic E-state index is 0.0849. The van der Waals surface area contributed by atoms with Crippen LogP contribution in [-0.2, 0) is 16.6 Å². The lowest BCUT2D eigenvalue weighted by molar-refractivity contribution is 0.102. The number of anilines is 1. The molecule has 0 unspecified atom stereocenters. The predicted octanol–water partition coefficient (Wildman–Crippen LogP) is 2.77. The number of para-hydroxylation sites is 2. The largest absolute Gasteiger partial charge is 0.310 e. The summed E-state index contributed by atoms with van der Waals surface area (Å²) in [6, 6.07) is 13.4. The van der Waals surface area contributed by atoms with Crippen LogP contribution in [0.3, 0.4) is 0 Å². The van der Waals surface area contributed by atoms with E-state index in [9.17, 15) is 13.2 Å². The Morgan fingerprint density at radius 2 is 1.89 bits per heavy atom. The van der Waals surface area contributed by atoms with Crippen molar-refractivity contribution in [2.45, 2.75) is 18.4 Å². The summed E-state index contributed by atoms with van der Waals surface area (Å²) in [5.74, 6) is 0.0936. The number of benzene rings is 2. The van der Waals surface area contributed by atoms with Crippen molar-refractivity contribution in [3.63, 3.8) is 0 Å². The molecule has 0 saturated heterocycles. The zero-order valence-corrected chi connectivity index (χ0v) is 15.7. The molecule has 2 N–H and O–H groups in total. The number of hydrogen-bond donors (Lipinski definition) is 2. The quantitative estimate of drug-likeness (QED) is 0.613. The zero-order chi connectivity index (χ0) is 19.4. The van der Waals surface area contributed by atoms with Crippen molar-refractivity contribution in [1.29, 1.82) is 0 Å². The van der Waals surface area contributed by atoms with Gasteiger partial charge in [0.05, 0.1) is 15.9 Å². The fraction of sp³-hybridized carbons (Fsp3) is 0.158. The summed E-state index contributed by atoms with van der Waals surface area (Å²) in [5.41, 5.74) is 2.07. The molecule has 27 heavy (non-hydrogen) atoms. The van der Waals surface area contributed by atoms with Crippen LogP contribution in [0.4, 0.5) is 5.95 Å². The van der Waals surface area contributed by atoms with Gasteiger partial charge in [0, 0.05) is 18.7 Å². The Labute approximate surface area is 157 Å². The molecule has 7 nitrogen and oxygen atoms in total. The molecule has 0 aliphatic rings. The standard InChI is InChI=1S/C19H20N4O3S/c1-3-13-20-27(25,26)15-11-9-14(10-12-15)18(24)22-19-21-16-7-5-6-8-17(16)23(19)4-2/h3,5-12,20H,1,4,13H2,2H3,(H,21,22,24). The van der Waals surface area contributed by atoms with Crippen LogP contribution < -0.4 is 10.0 Å². The Balaban J connectivity index is 1.82. The molecular formula is C19H20N4O3S. The number of amides is 1. The number of carbonyl (C=O) groups excluding carboxylic acids is 1. The van der Waals surface area contributed by atoms with E-state index in [1.54, 1.807) is 0 Å². The van der Waals surface area contributed by atoms with E-state index in [-0.39, 0.29) is 17.3 Å². The third-order valence-corrected chi connectivity index (χ3v) is 5.48. The summed E-state index contributed by atoms with van der Waals surface area (Å²) in [5, 5.41) is 2.79. The van der Waals surface area contributed by atoms with Crippen LogP contribution in [-0.4, -0.2) is 30.4 Å². The average molecular weight is 384 g/mol. The third-order valence-electron chi connectivity index (χ3n) is 4.04. The zero-order valence-electron chi connectivity index (χ0n) is 14.8. The van der Waals surface area contributed by atoms with Gasteiger partial charge in [-0.3, -0.25) is 10.1 Å². The molecule has 0 radical (unpaired) electrons. The smallest absolute Gasteiger partial charge is 0.257 e. The van der Waals surface area contributed by atoms with Crippen LogP contribution in [0.1, 0.15) is 17.3 Å². The SMILES string of the molecule is C=CCNS(=O)(=O)c1ccc(C(=O)Nc2nc3ccccc3n2CC)cc1. The minimum Gasteiger partial charge on any atom is -0.310 e. The molecule has 0 aliphatic heterocycles. The average Bonchev–Trinajstić information content (AvgIpc) is 3.03. The number of aromatic nitrogens is 2. The third kappa shape index (κ3) is 3.91. The summed E-state index contributed by atoms with van der Waals surface area (Å²) in [4.78, 5) is 17.1. The summed E-state index contributed by atoms with van der Waals surface area (Å²) in [6.45, 7) is 6.24. The van der Waals surface area contributed by atoms with Crippen molar-refractivity contribution in [1.82, 2.24) is 14.3 Å². The maximum absolute atomic E-state index is 12.5. The van der Waals surface area contributed by atoms with Gasteiger partial charge in [0.2, 0.25) is 16.0 Å². The molecule has 0 bridgehead atoms. The number of carbonyl (C=O) groups is 1. The van der Waals surface area contributed by atoms with E-state index in [0.29, 0.717) is 18.1 Å². The van der Waals surface area contributed by atoms with Crippen molar-refractivity contribution in [2.24, 2.45) is 0 Å². The summed E-state index contributed by atoms with van der Waals surface area (Å²) < 4.78 is 28.4. The van der Waals surface area contributed by atoms with E-state index in [0.717, 1.165) is 11.0 Å². The highest BCUT2D eigenvalue weighted by atomic mass is 32.2. The van der Waals surface area contributed by atoms with Gasteiger partial charge in [-0.05, 0) is 43.3 Å². The fourth-order valence-electron chi connectivity index (χ4n) is 2.70. The number of fused-ring (bicyclic) bond motifs is 1. The van der Waals surface area contributed by atoms with Gasteiger partial charge in [-0.2, -0.15) is 0 Å². The van der Waals surface area contributed by atoms with E-state index in [1.165, 1.54) is 30.3 Å². The van der Waals surface area contributed by atoms with Gasteiger partial charge in [-0.25, -0.2) is 18.1 Å². The molecule has 0 atom stereocenters. The molecule has 0 spiro atoms. The molecule has 8 heteroatoms. The summed E-state index contributed by atoms with van der Waals surface area (Å²) in [6.07, 6.45) is 1.46. The molecule has 140 valence electrons. The van der Waals surface area contributed by atoms with Crippen LogP contribution in [0, 0.1) is 0 Å². The van der Waals surface area contributed by atoms with E-state index in [1.807, 2.05) is 35.8 Å². The second kappa shape index (κ2) is 7.73. The number of imidazole rings is 1. The number of aryl methyl sites for hydroxylation is 1. The van der Waals surface area contributed by atoms with Gasteiger partial charge in [-0.1, -0.05) is 18.2 Å². The first-order valence-electron chi connectivity index (χ1n) is 8.43. The highest BCUT2D eigenvalue weighted by molar-refractivity contribution is 7.89. The van der Waals surface area contributed by atoms with E-state index in [4.69, 9.17) is 0 Å². The second-order valence-electron chi connectivity index (χ2n) is 5.79. The highest BCUT2D eigenvalue weighted by Crippen LogP contribution is 2.20. The molecular weight excluding hydrogens is 364 g/mol. The Morgan fingerprint density at radius 3 is 2.56 bits per heavy atom. The van der Waals surface area contributed by atoms with E-state index >= 15 is 0 Å². The monoisotopic (exact) mass is 384 g/mol.